The lowest BCUT2D eigenvalue weighted by Gasteiger charge is -2.19. The highest BCUT2D eigenvalue weighted by Gasteiger charge is 2.17. The molecule has 2 rings (SSSR count). The SMILES string of the molecule is CCNC(Cc1ncc(C)c(OC)c1C)c1ccccn1. The van der Waals surface area contributed by atoms with Crippen LogP contribution in [0.2, 0.25) is 0 Å². The Kier molecular flexibility index (Phi) is 5.28. The highest BCUT2D eigenvalue weighted by Crippen LogP contribution is 2.26. The van der Waals surface area contributed by atoms with Crippen molar-refractivity contribution in [3.05, 3.63) is 53.1 Å². The van der Waals surface area contributed by atoms with Crippen LogP contribution >= 0.6 is 0 Å². The molecule has 0 aromatic carbocycles. The molecule has 0 aliphatic heterocycles. The number of nitrogens with zero attached hydrogens (tertiary/aromatic N) is 2. The van der Waals surface area contributed by atoms with Crippen molar-refractivity contribution in [2.75, 3.05) is 13.7 Å². The van der Waals surface area contributed by atoms with Gasteiger partial charge in [0.2, 0.25) is 0 Å². The number of hydrogen-bond donors (Lipinski definition) is 1. The number of nitrogens with one attached hydrogen (secondary N) is 1. The van der Waals surface area contributed by atoms with Crippen LogP contribution in [0.5, 0.6) is 5.75 Å². The normalized spacial score (nSPS) is 12.2. The van der Waals surface area contributed by atoms with Crippen molar-refractivity contribution in [2.24, 2.45) is 0 Å². The Labute approximate surface area is 126 Å². The molecular formula is C17H23N3O. The Morgan fingerprint density at radius 3 is 2.67 bits per heavy atom. The Hall–Kier alpha value is -1.94. The van der Waals surface area contributed by atoms with E-state index in [4.69, 9.17) is 4.74 Å². The van der Waals surface area contributed by atoms with Gasteiger partial charge in [0.1, 0.15) is 5.75 Å². The Bertz CT molecular complexity index is 584. The van der Waals surface area contributed by atoms with E-state index in [1.807, 2.05) is 37.5 Å². The average Bonchev–Trinajstić information content (AvgIpc) is 2.51. The minimum atomic E-state index is 0.162. The molecule has 0 bridgehead atoms. The molecule has 2 aromatic heterocycles. The second-order valence-electron chi connectivity index (χ2n) is 5.12. The number of aromatic nitrogens is 2. The third kappa shape index (κ3) is 3.58. The fourth-order valence-corrected chi connectivity index (χ4v) is 2.58. The number of aryl methyl sites for hydroxylation is 1. The number of rotatable bonds is 6. The van der Waals surface area contributed by atoms with Crippen LogP contribution < -0.4 is 10.1 Å². The van der Waals surface area contributed by atoms with Crippen molar-refractivity contribution < 1.29 is 4.74 Å². The summed E-state index contributed by atoms with van der Waals surface area (Å²) < 4.78 is 5.49. The number of ether oxygens (including phenoxy) is 1. The summed E-state index contributed by atoms with van der Waals surface area (Å²) in [6, 6.07) is 6.16. The molecule has 0 radical (unpaired) electrons. The summed E-state index contributed by atoms with van der Waals surface area (Å²) in [7, 11) is 1.71. The molecule has 0 fully saturated rings. The molecule has 0 aliphatic rings. The second-order valence-corrected chi connectivity index (χ2v) is 5.12. The van der Waals surface area contributed by atoms with E-state index in [9.17, 15) is 0 Å². The molecule has 2 heterocycles. The zero-order valence-corrected chi connectivity index (χ0v) is 13.2. The molecule has 1 unspecified atom stereocenters. The van der Waals surface area contributed by atoms with E-state index in [0.29, 0.717) is 0 Å². The number of likely N-dealkylation sites (N-methyl/N-ethyl adjacent to an activating group) is 1. The maximum Gasteiger partial charge on any atom is 0.128 e. The molecule has 0 spiro atoms. The highest BCUT2D eigenvalue weighted by atomic mass is 16.5. The molecule has 2 aromatic rings. The molecule has 4 heteroatoms. The minimum absolute atomic E-state index is 0.162. The summed E-state index contributed by atoms with van der Waals surface area (Å²) in [4.78, 5) is 9.05. The molecule has 1 atom stereocenters. The fraction of sp³-hybridized carbons (Fsp3) is 0.412. The summed E-state index contributed by atoms with van der Waals surface area (Å²) in [5.41, 5.74) is 4.27. The molecule has 112 valence electrons. The predicted molar refractivity (Wildman–Crippen MR) is 84.6 cm³/mol. The highest BCUT2D eigenvalue weighted by molar-refractivity contribution is 5.41. The molecule has 21 heavy (non-hydrogen) atoms. The monoisotopic (exact) mass is 285 g/mol. The maximum absolute atomic E-state index is 5.49. The largest absolute Gasteiger partial charge is 0.496 e. The standard InChI is InChI=1S/C17H23N3O/c1-5-18-16(14-8-6-7-9-19-14)10-15-13(3)17(21-4)12(2)11-20-15/h6-9,11,16,18H,5,10H2,1-4H3. The van der Waals surface area contributed by atoms with Gasteiger partial charge in [0, 0.05) is 35.6 Å². The van der Waals surface area contributed by atoms with Crippen LogP contribution in [-0.2, 0) is 6.42 Å². The molecule has 0 amide bonds. The van der Waals surface area contributed by atoms with Crippen LogP contribution in [0, 0.1) is 13.8 Å². The zero-order valence-electron chi connectivity index (χ0n) is 13.2. The maximum atomic E-state index is 5.49. The molecular weight excluding hydrogens is 262 g/mol. The quantitative estimate of drug-likeness (QED) is 0.886. The molecule has 0 saturated carbocycles. The van der Waals surface area contributed by atoms with Gasteiger partial charge in [-0.3, -0.25) is 9.97 Å². The molecule has 0 saturated heterocycles. The first-order valence-electron chi connectivity index (χ1n) is 7.30. The van der Waals surface area contributed by atoms with Crippen LogP contribution in [0.15, 0.2) is 30.6 Å². The lowest BCUT2D eigenvalue weighted by molar-refractivity contribution is 0.406. The number of methoxy groups -OCH3 is 1. The Morgan fingerprint density at radius 2 is 2.05 bits per heavy atom. The van der Waals surface area contributed by atoms with Gasteiger partial charge in [-0.05, 0) is 32.5 Å². The van der Waals surface area contributed by atoms with Gasteiger partial charge in [-0.25, -0.2) is 0 Å². The van der Waals surface area contributed by atoms with Crippen LogP contribution in [0.4, 0.5) is 0 Å². The first kappa shape index (κ1) is 15.4. The van der Waals surface area contributed by atoms with E-state index in [1.54, 1.807) is 7.11 Å². The van der Waals surface area contributed by atoms with Crippen molar-refractivity contribution >= 4 is 0 Å². The first-order chi connectivity index (χ1) is 10.2. The van der Waals surface area contributed by atoms with Crippen molar-refractivity contribution in [3.63, 3.8) is 0 Å². The second kappa shape index (κ2) is 7.18. The average molecular weight is 285 g/mol. The summed E-state index contributed by atoms with van der Waals surface area (Å²) in [5.74, 6) is 0.927. The zero-order chi connectivity index (χ0) is 15.2. The first-order valence-corrected chi connectivity index (χ1v) is 7.30. The summed E-state index contributed by atoms with van der Waals surface area (Å²) >= 11 is 0. The van der Waals surface area contributed by atoms with Crippen LogP contribution in [0.1, 0.15) is 35.5 Å². The summed E-state index contributed by atoms with van der Waals surface area (Å²) in [5, 5.41) is 3.48. The lowest BCUT2D eigenvalue weighted by atomic mass is 10.0. The van der Waals surface area contributed by atoms with Crippen molar-refractivity contribution in [2.45, 2.75) is 33.2 Å². The van der Waals surface area contributed by atoms with E-state index in [1.165, 1.54) is 0 Å². The van der Waals surface area contributed by atoms with Crippen LogP contribution in [-0.4, -0.2) is 23.6 Å². The van der Waals surface area contributed by atoms with Crippen molar-refractivity contribution in [1.82, 2.24) is 15.3 Å². The van der Waals surface area contributed by atoms with Gasteiger partial charge in [0.05, 0.1) is 18.8 Å². The van der Waals surface area contributed by atoms with E-state index in [2.05, 4.69) is 29.1 Å². The number of pyridine rings is 2. The smallest absolute Gasteiger partial charge is 0.128 e. The molecule has 0 aliphatic carbocycles. The van der Waals surface area contributed by atoms with Gasteiger partial charge in [0.15, 0.2) is 0 Å². The van der Waals surface area contributed by atoms with E-state index in [-0.39, 0.29) is 6.04 Å². The van der Waals surface area contributed by atoms with Gasteiger partial charge in [-0.15, -0.1) is 0 Å². The molecule has 1 N–H and O–H groups in total. The van der Waals surface area contributed by atoms with Crippen LogP contribution in [0.3, 0.4) is 0 Å². The lowest BCUT2D eigenvalue weighted by Crippen LogP contribution is -2.24. The summed E-state index contributed by atoms with van der Waals surface area (Å²) in [6.07, 6.45) is 4.51. The van der Waals surface area contributed by atoms with Crippen LogP contribution in [0.25, 0.3) is 0 Å². The molecule has 4 nitrogen and oxygen atoms in total. The third-order valence-corrected chi connectivity index (χ3v) is 3.64. The van der Waals surface area contributed by atoms with Gasteiger partial charge >= 0.3 is 0 Å². The van der Waals surface area contributed by atoms with Gasteiger partial charge in [-0.2, -0.15) is 0 Å². The van der Waals surface area contributed by atoms with Gasteiger partial charge < -0.3 is 10.1 Å². The van der Waals surface area contributed by atoms with E-state index >= 15 is 0 Å². The third-order valence-electron chi connectivity index (χ3n) is 3.64. The minimum Gasteiger partial charge on any atom is -0.496 e. The van der Waals surface area contributed by atoms with Crippen molar-refractivity contribution in [3.8, 4) is 5.75 Å². The number of hydrogen-bond acceptors (Lipinski definition) is 4. The predicted octanol–water partition coefficient (Wildman–Crippen LogP) is 3.00. The van der Waals surface area contributed by atoms with E-state index in [0.717, 1.165) is 41.2 Å². The Morgan fingerprint density at radius 1 is 1.24 bits per heavy atom. The van der Waals surface area contributed by atoms with Gasteiger partial charge in [-0.1, -0.05) is 13.0 Å². The van der Waals surface area contributed by atoms with Gasteiger partial charge in [0.25, 0.3) is 0 Å². The van der Waals surface area contributed by atoms with Crippen molar-refractivity contribution in [1.29, 1.82) is 0 Å². The topological polar surface area (TPSA) is 47.0 Å². The fourth-order valence-electron chi connectivity index (χ4n) is 2.58. The van der Waals surface area contributed by atoms with E-state index < -0.39 is 0 Å². The Balaban J connectivity index is 2.29. The summed E-state index contributed by atoms with van der Waals surface area (Å²) in [6.45, 7) is 7.08.